The van der Waals surface area contributed by atoms with Gasteiger partial charge in [-0.25, -0.2) is 9.37 Å². The number of ether oxygens (including phenoxy) is 1. The van der Waals surface area contributed by atoms with Crippen molar-refractivity contribution >= 4 is 23.1 Å². The summed E-state index contributed by atoms with van der Waals surface area (Å²) in [4.78, 5) is 28.2. The van der Waals surface area contributed by atoms with Crippen LogP contribution in [0.1, 0.15) is 49.1 Å². The zero-order chi connectivity index (χ0) is 22.9. The van der Waals surface area contributed by atoms with Crippen LogP contribution in [0, 0.1) is 5.82 Å². The first kappa shape index (κ1) is 22.4. The van der Waals surface area contributed by atoms with Crippen LogP contribution in [0.15, 0.2) is 23.0 Å². The van der Waals surface area contributed by atoms with Crippen molar-refractivity contribution < 1.29 is 19.0 Å². The Bertz CT molecular complexity index is 1220. The average Bonchev–Trinajstić information content (AvgIpc) is 3.12. The number of halogens is 1. The molecule has 0 saturated heterocycles. The molecule has 5 N–H and O–H groups in total. The van der Waals surface area contributed by atoms with Crippen LogP contribution in [0.25, 0.3) is 22.3 Å². The number of rotatable bonds is 5. The third-order valence-electron chi connectivity index (χ3n) is 5.27. The topological polar surface area (TPSA) is 133 Å². The van der Waals surface area contributed by atoms with Gasteiger partial charge in [-0.3, -0.25) is 9.59 Å². The second-order valence-electron chi connectivity index (χ2n) is 6.95. The quantitative estimate of drug-likeness (QED) is 0.328. The Morgan fingerprint density at radius 3 is 2.65 bits per heavy atom. The molecule has 1 atom stereocenters. The average molecular weight is 428 g/mol. The van der Waals surface area contributed by atoms with Gasteiger partial charge < -0.3 is 25.9 Å². The molecule has 1 unspecified atom stereocenters. The number of nitrogens with two attached hydrogens (primary N) is 2. The minimum atomic E-state index is -0.963. The van der Waals surface area contributed by atoms with Crippen LogP contribution in [0.4, 0.5) is 10.1 Å². The molecule has 0 saturated carbocycles. The molecule has 3 heterocycles. The maximum absolute atomic E-state index is 14.0. The van der Waals surface area contributed by atoms with Gasteiger partial charge in [-0.1, -0.05) is 13.8 Å². The summed E-state index contributed by atoms with van der Waals surface area (Å²) >= 11 is 0. The maximum Gasteiger partial charge on any atom is 0.293 e. The minimum absolute atomic E-state index is 0.00804. The highest BCUT2D eigenvalue weighted by Crippen LogP contribution is 2.37. The summed E-state index contributed by atoms with van der Waals surface area (Å²) in [6.45, 7) is 5.88. The lowest BCUT2D eigenvalue weighted by Crippen LogP contribution is -2.26. The van der Waals surface area contributed by atoms with E-state index in [2.05, 4.69) is 4.98 Å². The summed E-state index contributed by atoms with van der Waals surface area (Å²) < 4.78 is 20.3. The lowest BCUT2D eigenvalue weighted by atomic mass is 9.99. The Morgan fingerprint density at radius 2 is 2.03 bits per heavy atom. The molecule has 9 heteroatoms. The number of aromatic nitrogens is 2. The molecule has 1 aliphatic heterocycles. The molecule has 1 aliphatic rings. The van der Waals surface area contributed by atoms with Crippen LogP contribution in [0.2, 0.25) is 0 Å². The summed E-state index contributed by atoms with van der Waals surface area (Å²) in [5.74, 6) is -0.589. The normalized spacial score (nSPS) is 12.6. The Labute approximate surface area is 178 Å². The van der Waals surface area contributed by atoms with E-state index < -0.39 is 17.5 Å². The molecular weight excluding hydrogens is 403 g/mol. The van der Waals surface area contributed by atoms with Gasteiger partial charge >= 0.3 is 0 Å². The number of benzene rings is 1. The van der Waals surface area contributed by atoms with Crippen LogP contribution in [-0.2, 0) is 29.2 Å². The van der Waals surface area contributed by atoms with E-state index in [1.807, 2.05) is 13.8 Å². The first-order valence-corrected chi connectivity index (χ1v) is 9.98. The number of anilines is 1. The highest BCUT2D eigenvalue weighted by Gasteiger charge is 2.29. The van der Waals surface area contributed by atoms with Gasteiger partial charge in [0, 0.05) is 23.6 Å². The number of pyridine rings is 2. The van der Waals surface area contributed by atoms with Crippen molar-refractivity contribution in [1.82, 2.24) is 9.55 Å². The summed E-state index contributed by atoms with van der Waals surface area (Å²) in [5, 5.41) is 10.8. The first-order valence-electron chi connectivity index (χ1n) is 9.98. The number of carbonyl (C=O) groups is 1. The predicted molar refractivity (Wildman–Crippen MR) is 116 cm³/mol. The zero-order valence-corrected chi connectivity index (χ0v) is 17.6. The van der Waals surface area contributed by atoms with E-state index in [1.54, 1.807) is 6.07 Å². The van der Waals surface area contributed by atoms with Crippen LogP contribution in [-0.4, -0.2) is 21.1 Å². The molecule has 0 amide bonds. The molecule has 0 spiro atoms. The molecule has 0 fully saturated rings. The van der Waals surface area contributed by atoms with Gasteiger partial charge in [0.2, 0.25) is 0 Å². The second-order valence-corrected chi connectivity index (χ2v) is 6.95. The highest BCUT2D eigenvalue weighted by molar-refractivity contribution is 5.90. The van der Waals surface area contributed by atoms with Crippen molar-refractivity contribution in [2.75, 3.05) is 5.73 Å². The van der Waals surface area contributed by atoms with Gasteiger partial charge in [0.15, 0.2) is 0 Å². The van der Waals surface area contributed by atoms with Gasteiger partial charge in [0.1, 0.15) is 12.4 Å². The lowest BCUT2D eigenvalue weighted by molar-refractivity contribution is -0.129. The van der Waals surface area contributed by atoms with E-state index >= 15 is 0 Å². The largest absolute Gasteiger partial charge is 0.463 e. The molecule has 2 aromatic heterocycles. The van der Waals surface area contributed by atoms with Crippen molar-refractivity contribution in [3.63, 3.8) is 0 Å². The van der Waals surface area contributed by atoms with E-state index in [1.165, 1.54) is 23.6 Å². The molecule has 0 bridgehead atoms. The monoisotopic (exact) mass is 428 g/mol. The van der Waals surface area contributed by atoms with Gasteiger partial charge in [-0.2, -0.15) is 0 Å². The molecule has 8 nitrogen and oxygen atoms in total. The van der Waals surface area contributed by atoms with Crippen LogP contribution < -0.4 is 17.0 Å². The number of hydrogen-bond acceptors (Lipinski definition) is 7. The van der Waals surface area contributed by atoms with E-state index in [4.69, 9.17) is 16.2 Å². The van der Waals surface area contributed by atoms with Crippen LogP contribution >= 0.6 is 0 Å². The Balaban J connectivity index is 0.00000132. The number of nitrogens with zero attached hydrogens (tertiary/aromatic N) is 2. The molecule has 3 aromatic rings. The number of carbonyl (C=O) groups excluding carboxylic acids is 1. The summed E-state index contributed by atoms with van der Waals surface area (Å²) in [6.07, 6.45) is -0.963. The van der Waals surface area contributed by atoms with Crippen LogP contribution in [0.5, 0.6) is 0 Å². The number of nitrogen functional groups attached to an aromatic ring is 1. The maximum atomic E-state index is 14.0. The SMILES string of the molecule is CC.CC(O)c1cc2n(c(=O)c1COC=O)Cc1c-2nc2cc(F)c(N)cc2c1CN. The molecular formula is C22H25FN4O4. The lowest BCUT2D eigenvalue weighted by Gasteiger charge is -2.14. The Morgan fingerprint density at radius 1 is 1.32 bits per heavy atom. The van der Waals surface area contributed by atoms with Crippen LogP contribution in [0.3, 0.4) is 0 Å². The molecule has 164 valence electrons. The van der Waals surface area contributed by atoms with Crippen molar-refractivity contribution in [3.05, 3.63) is 56.6 Å². The molecule has 31 heavy (non-hydrogen) atoms. The summed E-state index contributed by atoms with van der Waals surface area (Å²) in [6, 6.07) is 4.39. The van der Waals surface area contributed by atoms with Crippen molar-refractivity contribution in [2.24, 2.45) is 5.73 Å². The summed E-state index contributed by atoms with van der Waals surface area (Å²) in [5.41, 5.74) is 14.7. The molecule has 1 aromatic carbocycles. The smallest absolute Gasteiger partial charge is 0.293 e. The molecule has 0 aliphatic carbocycles. The van der Waals surface area contributed by atoms with E-state index in [-0.39, 0.29) is 37.4 Å². The second kappa shape index (κ2) is 8.83. The zero-order valence-electron chi connectivity index (χ0n) is 17.6. The molecule has 0 radical (unpaired) electrons. The summed E-state index contributed by atoms with van der Waals surface area (Å²) in [7, 11) is 0. The van der Waals surface area contributed by atoms with Crippen molar-refractivity contribution in [2.45, 2.75) is 46.6 Å². The fraction of sp³-hybridized carbons (Fsp3) is 0.318. The number of aliphatic hydroxyl groups is 1. The van der Waals surface area contributed by atoms with Gasteiger partial charge in [-0.05, 0) is 30.2 Å². The third kappa shape index (κ3) is 3.66. The predicted octanol–water partition coefficient (Wildman–Crippen LogP) is 2.36. The Hall–Kier alpha value is -3.30. The molecule has 4 rings (SSSR count). The first-order chi connectivity index (χ1) is 14.9. The van der Waals surface area contributed by atoms with Crippen molar-refractivity contribution in [3.8, 4) is 11.4 Å². The fourth-order valence-electron chi connectivity index (χ4n) is 3.88. The van der Waals surface area contributed by atoms with Crippen molar-refractivity contribution in [1.29, 1.82) is 0 Å². The number of fused-ring (bicyclic) bond motifs is 4. The van der Waals surface area contributed by atoms with E-state index in [0.29, 0.717) is 27.9 Å². The minimum Gasteiger partial charge on any atom is -0.463 e. The number of aliphatic hydroxyl groups excluding tert-OH is 1. The van der Waals surface area contributed by atoms with Gasteiger partial charge in [0.25, 0.3) is 12.0 Å². The van der Waals surface area contributed by atoms with Gasteiger partial charge in [0.05, 0.1) is 40.8 Å². The van der Waals surface area contributed by atoms with E-state index in [0.717, 1.165) is 11.1 Å². The van der Waals surface area contributed by atoms with Gasteiger partial charge in [-0.15, -0.1) is 0 Å². The highest BCUT2D eigenvalue weighted by atomic mass is 19.1. The third-order valence-corrected chi connectivity index (χ3v) is 5.27. The number of hydrogen-bond donors (Lipinski definition) is 3. The fourth-order valence-corrected chi connectivity index (χ4v) is 3.88. The standard InChI is InChI=1S/C20H19FN4O4.C2H6/c1-9(27)10-3-18-19-13(6-25(18)20(28)14(10)7-29-8-26)12(5-22)11-2-16(23)15(21)4-17(11)24-19;1-2/h2-4,8-9,27H,5-7,22-23H2,1H3;1-2H3. The van der Waals surface area contributed by atoms with E-state index in [9.17, 15) is 19.1 Å². The Kier molecular flexibility index (Phi) is 6.37.